The summed E-state index contributed by atoms with van der Waals surface area (Å²) >= 11 is 17.6. The maximum atomic E-state index is 13.8. The first-order valence-corrected chi connectivity index (χ1v) is 10.4. The van der Waals surface area contributed by atoms with Crippen molar-refractivity contribution in [3.05, 3.63) is 67.8 Å². The van der Waals surface area contributed by atoms with Gasteiger partial charge in [0.05, 0.1) is 20.6 Å². The van der Waals surface area contributed by atoms with E-state index in [9.17, 15) is 27.9 Å². The number of alkyl halides is 3. The van der Waals surface area contributed by atoms with Gasteiger partial charge in [-0.3, -0.25) is 4.79 Å². The predicted molar refractivity (Wildman–Crippen MR) is 117 cm³/mol. The second-order valence-electron chi connectivity index (χ2n) is 7.05. The Morgan fingerprint density at radius 1 is 1.09 bits per heavy atom. The number of nitrogens with zero attached hydrogens (tertiary/aromatic N) is 1. The third-order valence-electron chi connectivity index (χ3n) is 4.97. The number of rotatable bonds is 5. The molecule has 0 aliphatic carbocycles. The van der Waals surface area contributed by atoms with Crippen molar-refractivity contribution in [3.8, 4) is 0 Å². The van der Waals surface area contributed by atoms with Crippen LogP contribution in [0.4, 0.5) is 13.2 Å². The summed E-state index contributed by atoms with van der Waals surface area (Å²) in [5.41, 5.74) is 0.597. The minimum atomic E-state index is -4.85. The van der Waals surface area contributed by atoms with Gasteiger partial charge in [0, 0.05) is 17.4 Å². The minimum Gasteiger partial charge on any atom is -0.478 e. The highest BCUT2D eigenvalue weighted by atomic mass is 35.5. The molecule has 1 amide bonds. The molecule has 0 spiro atoms. The van der Waals surface area contributed by atoms with Gasteiger partial charge >= 0.3 is 12.1 Å². The monoisotopic (exact) mass is 506 g/mol. The molecule has 0 saturated heterocycles. The van der Waals surface area contributed by atoms with E-state index in [1.165, 1.54) is 16.7 Å². The fourth-order valence-corrected chi connectivity index (χ4v) is 4.09. The van der Waals surface area contributed by atoms with Crippen LogP contribution in [-0.2, 0) is 6.54 Å². The zero-order valence-corrected chi connectivity index (χ0v) is 18.9. The number of carbonyl (C=O) groups excluding carboxylic acids is 1. The van der Waals surface area contributed by atoms with Crippen LogP contribution in [0.3, 0.4) is 0 Å². The van der Waals surface area contributed by atoms with Crippen molar-refractivity contribution in [1.82, 2.24) is 9.88 Å². The lowest BCUT2D eigenvalue weighted by Gasteiger charge is -2.23. The highest BCUT2D eigenvalue weighted by Gasteiger charge is 2.43. The standard InChI is InChI=1S/C21H16Cl3F3N2O3/c1-3-29-15-4-9(2)12(20(31)32)5-10(15)8-16(29)19(30)28-18(21(25,26)27)11-6-13(22)17(24)14(23)7-11/h4-8,18H,3H2,1-2H3,(H,28,30)(H,31,32). The molecule has 3 rings (SSSR count). The molecule has 2 aromatic carbocycles. The number of hydrogen-bond donors (Lipinski definition) is 2. The smallest absolute Gasteiger partial charge is 0.412 e. The van der Waals surface area contributed by atoms with Crippen molar-refractivity contribution in [3.63, 3.8) is 0 Å². The Balaban J connectivity index is 2.08. The maximum Gasteiger partial charge on any atom is 0.412 e. The summed E-state index contributed by atoms with van der Waals surface area (Å²) in [6, 6.07) is 3.91. The summed E-state index contributed by atoms with van der Waals surface area (Å²) in [5, 5.41) is 11.3. The van der Waals surface area contributed by atoms with Crippen LogP contribution in [0.2, 0.25) is 15.1 Å². The third kappa shape index (κ3) is 4.53. The Labute approximate surface area is 195 Å². The van der Waals surface area contributed by atoms with E-state index in [1.54, 1.807) is 19.9 Å². The van der Waals surface area contributed by atoms with Gasteiger partial charge in [0.25, 0.3) is 5.91 Å². The van der Waals surface area contributed by atoms with Crippen LogP contribution in [0.5, 0.6) is 0 Å². The lowest BCUT2D eigenvalue weighted by atomic mass is 10.1. The quantitative estimate of drug-likeness (QED) is 0.379. The van der Waals surface area contributed by atoms with Crippen molar-refractivity contribution in [2.24, 2.45) is 0 Å². The zero-order valence-electron chi connectivity index (χ0n) is 16.6. The molecule has 0 bridgehead atoms. The molecule has 0 aliphatic heterocycles. The minimum absolute atomic E-state index is 0.0383. The van der Waals surface area contributed by atoms with Crippen LogP contribution in [0.1, 0.15) is 44.9 Å². The van der Waals surface area contributed by atoms with E-state index in [0.29, 0.717) is 16.5 Å². The molecule has 1 heterocycles. The number of aromatic nitrogens is 1. The van der Waals surface area contributed by atoms with Crippen molar-refractivity contribution >= 4 is 57.6 Å². The molecule has 170 valence electrons. The van der Waals surface area contributed by atoms with Crippen LogP contribution in [0, 0.1) is 6.92 Å². The summed E-state index contributed by atoms with van der Waals surface area (Å²) in [6.45, 7) is 3.59. The normalized spacial score (nSPS) is 12.8. The molecule has 1 atom stereocenters. The van der Waals surface area contributed by atoms with Gasteiger partial charge in [-0.15, -0.1) is 0 Å². The number of nitrogens with one attached hydrogen (secondary N) is 1. The Morgan fingerprint density at radius 3 is 2.19 bits per heavy atom. The summed E-state index contributed by atoms with van der Waals surface area (Å²) in [6.07, 6.45) is -4.85. The first-order valence-electron chi connectivity index (χ1n) is 9.24. The Bertz CT molecular complexity index is 1220. The number of aromatic carboxylic acids is 1. The van der Waals surface area contributed by atoms with Crippen LogP contribution >= 0.6 is 34.8 Å². The SMILES string of the molecule is CCn1c(C(=O)NC(c2cc(Cl)c(Cl)c(Cl)c2)C(F)(F)F)cc2cc(C(=O)O)c(C)cc21. The van der Waals surface area contributed by atoms with Crippen LogP contribution in [0.25, 0.3) is 10.9 Å². The molecule has 1 unspecified atom stereocenters. The summed E-state index contributed by atoms with van der Waals surface area (Å²) in [5.74, 6) is -2.14. The summed E-state index contributed by atoms with van der Waals surface area (Å²) in [7, 11) is 0. The molecule has 0 saturated carbocycles. The van der Waals surface area contributed by atoms with E-state index in [0.717, 1.165) is 12.1 Å². The number of aryl methyl sites for hydroxylation is 2. The molecule has 5 nitrogen and oxygen atoms in total. The Kier molecular flexibility index (Phi) is 6.70. The maximum absolute atomic E-state index is 13.8. The van der Waals surface area contributed by atoms with E-state index in [2.05, 4.69) is 0 Å². The molecule has 2 N–H and O–H groups in total. The van der Waals surface area contributed by atoms with Crippen molar-refractivity contribution in [2.45, 2.75) is 32.6 Å². The van der Waals surface area contributed by atoms with Gasteiger partial charge in [0.1, 0.15) is 5.69 Å². The lowest BCUT2D eigenvalue weighted by molar-refractivity contribution is -0.155. The summed E-state index contributed by atoms with van der Waals surface area (Å²) < 4.78 is 43.0. The van der Waals surface area contributed by atoms with Crippen molar-refractivity contribution in [2.75, 3.05) is 0 Å². The van der Waals surface area contributed by atoms with Gasteiger partial charge < -0.3 is 15.0 Å². The number of halogens is 6. The molecule has 32 heavy (non-hydrogen) atoms. The van der Waals surface area contributed by atoms with Crippen LogP contribution in [0.15, 0.2) is 30.3 Å². The van der Waals surface area contributed by atoms with Gasteiger partial charge in [0.15, 0.2) is 6.04 Å². The molecular weight excluding hydrogens is 492 g/mol. The van der Waals surface area contributed by atoms with Gasteiger partial charge in [-0.25, -0.2) is 4.79 Å². The van der Waals surface area contributed by atoms with Gasteiger partial charge in [-0.2, -0.15) is 13.2 Å². The number of carbonyl (C=O) groups is 2. The van der Waals surface area contributed by atoms with Crippen LogP contribution < -0.4 is 5.32 Å². The average Bonchev–Trinajstić information content (AvgIpc) is 3.05. The second-order valence-corrected chi connectivity index (χ2v) is 8.24. The number of amides is 1. The Hall–Kier alpha value is -2.42. The Morgan fingerprint density at radius 2 is 1.69 bits per heavy atom. The van der Waals surface area contributed by atoms with E-state index in [4.69, 9.17) is 34.8 Å². The summed E-state index contributed by atoms with van der Waals surface area (Å²) in [4.78, 5) is 24.3. The predicted octanol–water partition coefficient (Wildman–Crippen LogP) is 6.66. The lowest BCUT2D eigenvalue weighted by Crippen LogP contribution is -2.38. The van der Waals surface area contributed by atoms with E-state index >= 15 is 0 Å². The molecule has 0 fully saturated rings. The molecule has 11 heteroatoms. The molecular formula is C21H16Cl3F3N2O3. The zero-order chi connectivity index (χ0) is 24.0. The molecule has 0 radical (unpaired) electrons. The molecule has 0 aliphatic rings. The highest BCUT2D eigenvalue weighted by Crippen LogP contribution is 2.39. The van der Waals surface area contributed by atoms with Crippen molar-refractivity contribution < 1.29 is 27.9 Å². The largest absolute Gasteiger partial charge is 0.478 e. The first-order chi connectivity index (χ1) is 14.8. The number of benzene rings is 2. The fourth-order valence-electron chi connectivity index (χ4n) is 3.47. The third-order valence-corrected chi connectivity index (χ3v) is 6.17. The first kappa shape index (κ1) is 24.2. The van der Waals surface area contributed by atoms with Gasteiger partial charge in [-0.1, -0.05) is 34.8 Å². The van der Waals surface area contributed by atoms with E-state index in [-0.39, 0.29) is 38.4 Å². The molecule has 3 aromatic rings. The number of hydrogen-bond acceptors (Lipinski definition) is 2. The van der Waals surface area contributed by atoms with Crippen LogP contribution in [-0.4, -0.2) is 27.7 Å². The van der Waals surface area contributed by atoms with Crippen molar-refractivity contribution in [1.29, 1.82) is 0 Å². The topological polar surface area (TPSA) is 71.3 Å². The number of fused-ring (bicyclic) bond motifs is 1. The number of carboxylic acids is 1. The second kappa shape index (κ2) is 8.84. The number of carboxylic acid groups (broad SMARTS) is 1. The van der Waals surface area contributed by atoms with Gasteiger partial charge in [0.2, 0.25) is 0 Å². The highest BCUT2D eigenvalue weighted by molar-refractivity contribution is 6.48. The fraction of sp³-hybridized carbons (Fsp3) is 0.238. The van der Waals surface area contributed by atoms with Gasteiger partial charge in [-0.05, 0) is 55.3 Å². The molecule has 1 aromatic heterocycles. The average molecular weight is 508 g/mol. The van der Waals surface area contributed by atoms with E-state index < -0.39 is 24.1 Å². The van der Waals surface area contributed by atoms with E-state index in [1.807, 2.05) is 5.32 Å².